The van der Waals surface area contributed by atoms with Crippen LogP contribution >= 0.6 is 7.60 Å². The maximum atomic E-state index is 11.8. The molecule has 0 saturated heterocycles. The summed E-state index contributed by atoms with van der Waals surface area (Å²) in [6, 6.07) is 7.13. The van der Waals surface area contributed by atoms with Crippen LogP contribution in [-0.2, 0) is 24.8 Å². The molecule has 0 N–H and O–H groups in total. The lowest BCUT2D eigenvalue weighted by Gasteiger charge is -2.12. The molecule has 0 unspecified atom stereocenters. The summed E-state index contributed by atoms with van der Waals surface area (Å²) in [5.41, 5.74) is 0.833. The highest BCUT2D eigenvalue weighted by Crippen LogP contribution is 2.46. The number of rotatable bonds is 7. The second-order valence-electron chi connectivity index (χ2n) is 3.70. The van der Waals surface area contributed by atoms with Crippen LogP contribution in [0, 0.1) is 0 Å². The number of methoxy groups -OCH3 is 1. The molecule has 0 spiro atoms. The van der Waals surface area contributed by atoms with Crippen molar-refractivity contribution in [1.82, 2.24) is 0 Å². The van der Waals surface area contributed by atoms with Crippen molar-refractivity contribution >= 4 is 13.4 Å². The van der Waals surface area contributed by atoms with Gasteiger partial charge in [0.25, 0.3) is 0 Å². The summed E-state index contributed by atoms with van der Waals surface area (Å²) >= 11 is 0. The first-order valence-electron chi connectivity index (χ1n) is 5.38. The molecule has 0 bridgehead atoms. The zero-order valence-electron chi connectivity index (χ0n) is 10.7. The van der Waals surface area contributed by atoms with Crippen LogP contribution in [0.2, 0.25) is 0 Å². The van der Waals surface area contributed by atoms with E-state index >= 15 is 0 Å². The number of ketones is 1. The quantitative estimate of drug-likeness (QED) is 0.713. The van der Waals surface area contributed by atoms with Gasteiger partial charge in [0.2, 0.25) is 0 Å². The van der Waals surface area contributed by atoms with Crippen LogP contribution in [0.15, 0.2) is 24.3 Å². The van der Waals surface area contributed by atoms with E-state index in [0.717, 1.165) is 11.3 Å². The van der Waals surface area contributed by atoms with Crippen molar-refractivity contribution in [2.75, 3.05) is 27.5 Å². The summed E-state index contributed by atoms with van der Waals surface area (Å²) in [7, 11) is 0.851. The molecule has 0 aliphatic carbocycles. The number of carbonyl (C=O) groups excluding carboxylic acids is 1. The summed E-state index contributed by atoms with van der Waals surface area (Å²) in [6.45, 7) is 0. The van der Waals surface area contributed by atoms with Crippen LogP contribution in [0.5, 0.6) is 5.75 Å². The fraction of sp³-hybridized carbons (Fsp3) is 0.417. The molecule has 100 valence electrons. The summed E-state index contributed by atoms with van der Waals surface area (Å²) in [6.07, 6.45) is -0.0211. The van der Waals surface area contributed by atoms with E-state index in [-0.39, 0.29) is 18.4 Å². The molecule has 0 heterocycles. The van der Waals surface area contributed by atoms with Gasteiger partial charge < -0.3 is 13.8 Å². The van der Waals surface area contributed by atoms with Gasteiger partial charge in [0.15, 0.2) is 0 Å². The van der Waals surface area contributed by atoms with Gasteiger partial charge in [0, 0.05) is 20.6 Å². The van der Waals surface area contributed by atoms with E-state index in [9.17, 15) is 9.36 Å². The molecule has 18 heavy (non-hydrogen) atoms. The minimum Gasteiger partial charge on any atom is -0.497 e. The topological polar surface area (TPSA) is 61.8 Å². The van der Waals surface area contributed by atoms with Gasteiger partial charge >= 0.3 is 7.60 Å². The fourth-order valence-corrected chi connectivity index (χ4v) is 2.40. The van der Waals surface area contributed by atoms with Gasteiger partial charge in [0.1, 0.15) is 17.7 Å². The number of hydrogen-bond acceptors (Lipinski definition) is 5. The van der Waals surface area contributed by atoms with Crippen LogP contribution in [0.4, 0.5) is 0 Å². The van der Waals surface area contributed by atoms with Gasteiger partial charge in [0.05, 0.1) is 7.11 Å². The third kappa shape index (κ3) is 4.26. The third-order valence-electron chi connectivity index (χ3n) is 2.49. The molecular formula is C12H17O5P. The van der Waals surface area contributed by atoms with Crippen LogP contribution in [0.3, 0.4) is 0 Å². The highest BCUT2D eigenvalue weighted by molar-refractivity contribution is 7.54. The Morgan fingerprint density at radius 1 is 1.11 bits per heavy atom. The average molecular weight is 272 g/mol. The van der Waals surface area contributed by atoms with Crippen molar-refractivity contribution in [3.63, 3.8) is 0 Å². The first-order valence-corrected chi connectivity index (χ1v) is 7.11. The monoisotopic (exact) mass is 272 g/mol. The number of benzene rings is 1. The molecule has 1 rings (SSSR count). The lowest BCUT2D eigenvalue weighted by atomic mass is 10.1. The number of ether oxygens (including phenoxy) is 1. The Morgan fingerprint density at radius 3 is 2.11 bits per heavy atom. The SMILES string of the molecule is COc1ccc(CC(=O)CP(=O)(OC)OC)cc1. The van der Waals surface area contributed by atoms with Crippen molar-refractivity contribution in [2.24, 2.45) is 0 Å². The van der Waals surface area contributed by atoms with Crippen LogP contribution in [0.1, 0.15) is 5.56 Å². The number of carbonyl (C=O) groups is 1. The zero-order chi connectivity index (χ0) is 13.6. The molecular weight excluding hydrogens is 255 g/mol. The highest BCUT2D eigenvalue weighted by Gasteiger charge is 2.25. The second-order valence-corrected chi connectivity index (χ2v) is 5.97. The first kappa shape index (κ1) is 14.9. The standard InChI is InChI=1S/C12H17O5P/c1-15-12-6-4-10(5-7-12)8-11(13)9-18(14,16-2)17-3/h4-7H,8-9H2,1-3H3. The van der Waals surface area contributed by atoms with Crippen molar-refractivity contribution in [1.29, 1.82) is 0 Å². The Kier molecular flexibility index (Phi) is 5.54. The van der Waals surface area contributed by atoms with Crippen molar-refractivity contribution < 1.29 is 23.1 Å². The molecule has 0 fully saturated rings. The van der Waals surface area contributed by atoms with Crippen molar-refractivity contribution in [3.8, 4) is 5.75 Å². The van der Waals surface area contributed by atoms with Crippen LogP contribution in [0.25, 0.3) is 0 Å². The molecule has 0 radical (unpaired) electrons. The molecule has 0 aromatic heterocycles. The maximum Gasteiger partial charge on any atom is 0.337 e. The Bertz CT molecular complexity index is 432. The highest BCUT2D eigenvalue weighted by atomic mass is 31.2. The van der Waals surface area contributed by atoms with Crippen LogP contribution < -0.4 is 4.74 Å². The molecule has 1 aromatic carbocycles. The van der Waals surface area contributed by atoms with Gasteiger partial charge in [-0.1, -0.05) is 12.1 Å². The van der Waals surface area contributed by atoms with Gasteiger partial charge in [-0.2, -0.15) is 0 Å². The minimum atomic E-state index is -3.26. The fourth-order valence-electron chi connectivity index (χ4n) is 1.45. The van der Waals surface area contributed by atoms with Gasteiger partial charge in [-0.25, -0.2) is 0 Å². The molecule has 5 nitrogen and oxygen atoms in total. The van der Waals surface area contributed by atoms with E-state index in [1.165, 1.54) is 14.2 Å². The summed E-state index contributed by atoms with van der Waals surface area (Å²) in [5, 5.41) is 0. The molecule has 1 aromatic rings. The molecule has 6 heteroatoms. The maximum absolute atomic E-state index is 11.8. The molecule has 0 amide bonds. The Hall–Kier alpha value is -1.16. The molecule has 0 aliphatic heterocycles. The second kappa shape index (κ2) is 6.69. The summed E-state index contributed by atoms with van der Waals surface area (Å²) < 4.78 is 26.2. The molecule has 0 saturated carbocycles. The Morgan fingerprint density at radius 2 is 1.67 bits per heavy atom. The van der Waals surface area contributed by atoms with Gasteiger partial charge in [-0.05, 0) is 17.7 Å². The average Bonchev–Trinajstić information content (AvgIpc) is 2.39. The predicted octanol–water partition coefficient (Wildman–Crippen LogP) is 2.29. The van der Waals surface area contributed by atoms with E-state index < -0.39 is 7.60 Å². The predicted molar refractivity (Wildman–Crippen MR) is 68.2 cm³/mol. The lowest BCUT2D eigenvalue weighted by Crippen LogP contribution is -2.10. The summed E-state index contributed by atoms with van der Waals surface area (Å²) in [4.78, 5) is 11.7. The van der Waals surface area contributed by atoms with E-state index in [0.29, 0.717) is 0 Å². The normalized spacial score (nSPS) is 11.3. The van der Waals surface area contributed by atoms with Gasteiger partial charge in [-0.3, -0.25) is 9.36 Å². The van der Waals surface area contributed by atoms with Gasteiger partial charge in [-0.15, -0.1) is 0 Å². The lowest BCUT2D eigenvalue weighted by molar-refractivity contribution is -0.116. The van der Waals surface area contributed by atoms with Crippen molar-refractivity contribution in [3.05, 3.63) is 29.8 Å². The Labute approximate surface area is 107 Å². The van der Waals surface area contributed by atoms with E-state index in [1.54, 1.807) is 31.4 Å². The minimum absolute atomic E-state index is 0.188. The zero-order valence-corrected chi connectivity index (χ0v) is 11.6. The summed E-state index contributed by atoms with van der Waals surface area (Å²) in [5.74, 6) is 0.540. The number of Topliss-reactive ketones (excluding diaryl/α,β-unsaturated/α-hetero) is 1. The molecule has 0 atom stereocenters. The van der Waals surface area contributed by atoms with Crippen LogP contribution in [-0.4, -0.2) is 33.3 Å². The first-order chi connectivity index (χ1) is 8.53. The largest absolute Gasteiger partial charge is 0.497 e. The van der Waals surface area contributed by atoms with Crippen molar-refractivity contribution in [2.45, 2.75) is 6.42 Å². The third-order valence-corrected chi connectivity index (χ3v) is 4.34. The van der Waals surface area contributed by atoms with E-state index in [1.807, 2.05) is 0 Å². The number of hydrogen-bond donors (Lipinski definition) is 0. The molecule has 0 aliphatic rings. The smallest absolute Gasteiger partial charge is 0.337 e. The van der Waals surface area contributed by atoms with E-state index in [4.69, 9.17) is 13.8 Å². The van der Waals surface area contributed by atoms with E-state index in [2.05, 4.69) is 0 Å². The Balaban J connectivity index is 2.61.